The van der Waals surface area contributed by atoms with E-state index >= 15 is 0 Å². The molecule has 8 nitrogen and oxygen atoms in total. The van der Waals surface area contributed by atoms with Gasteiger partial charge in [-0.3, -0.25) is 9.59 Å². The number of esters is 1. The highest BCUT2D eigenvalue weighted by Crippen LogP contribution is 2.12. The first kappa shape index (κ1) is 19.7. The highest BCUT2D eigenvalue weighted by molar-refractivity contribution is 7.89. The van der Waals surface area contributed by atoms with E-state index in [1.165, 1.54) is 18.4 Å². The SMILES string of the molecule is Cc1ccc(S(=O)(=O)NCC(=O)OCC(=O)N[C@H](C)c2ccco2)cc1. The fraction of sp³-hybridized carbons (Fsp3) is 0.294. The van der Waals surface area contributed by atoms with Crippen LogP contribution in [0.2, 0.25) is 0 Å². The van der Waals surface area contributed by atoms with Gasteiger partial charge in [-0.15, -0.1) is 0 Å². The van der Waals surface area contributed by atoms with Crippen molar-refractivity contribution in [2.45, 2.75) is 24.8 Å². The highest BCUT2D eigenvalue weighted by atomic mass is 32.2. The number of hydrogen-bond acceptors (Lipinski definition) is 6. The van der Waals surface area contributed by atoms with Crippen LogP contribution in [0.3, 0.4) is 0 Å². The second-order valence-electron chi connectivity index (χ2n) is 5.60. The van der Waals surface area contributed by atoms with E-state index in [0.717, 1.165) is 5.56 Å². The number of carbonyl (C=O) groups excluding carboxylic acids is 2. The average molecular weight is 380 g/mol. The number of ether oxygens (including phenoxy) is 1. The number of amides is 1. The lowest BCUT2D eigenvalue weighted by molar-refractivity contribution is -0.147. The fourth-order valence-corrected chi connectivity index (χ4v) is 3.01. The van der Waals surface area contributed by atoms with Crippen LogP contribution >= 0.6 is 0 Å². The average Bonchev–Trinajstić information content (AvgIpc) is 3.13. The van der Waals surface area contributed by atoms with Crippen LogP contribution in [0.5, 0.6) is 0 Å². The summed E-state index contributed by atoms with van der Waals surface area (Å²) in [5, 5.41) is 2.59. The van der Waals surface area contributed by atoms with E-state index < -0.39 is 35.1 Å². The molecule has 1 aromatic heterocycles. The van der Waals surface area contributed by atoms with Gasteiger partial charge in [-0.2, -0.15) is 4.72 Å². The first-order chi connectivity index (χ1) is 12.3. The van der Waals surface area contributed by atoms with Gasteiger partial charge in [0.15, 0.2) is 6.61 Å². The van der Waals surface area contributed by atoms with E-state index in [4.69, 9.17) is 9.15 Å². The van der Waals surface area contributed by atoms with Gasteiger partial charge in [-0.25, -0.2) is 8.42 Å². The molecule has 0 aliphatic carbocycles. The molecule has 2 N–H and O–H groups in total. The fourth-order valence-electron chi connectivity index (χ4n) is 2.04. The first-order valence-electron chi connectivity index (χ1n) is 7.82. The summed E-state index contributed by atoms with van der Waals surface area (Å²) in [5.74, 6) is -0.819. The molecule has 1 aromatic carbocycles. The second-order valence-corrected chi connectivity index (χ2v) is 7.37. The third kappa shape index (κ3) is 5.71. The minimum absolute atomic E-state index is 0.0425. The van der Waals surface area contributed by atoms with Crippen LogP contribution in [0.15, 0.2) is 52.0 Å². The molecule has 0 aliphatic rings. The summed E-state index contributed by atoms with van der Waals surface area (Å²) >= 11 is 0. The second kappa shape index (κ2) is 8.63. The standard InChI is InChI=1S/C17H20N2O6S/c1-12-5-7-14(8-6-12)26(22,23)18-10-17(21)25-11-16(20)19-13(2)15-4-3-9-24-15/h3-9,13,18H,10-11H2,1-2H3,(H,19,20)/t13-/m1/s1. The minimum atomic E-state index is -3.82. The molecule has 0 spiro atoms. The summed E-state index contributed by atoms with van der Waals surface area (Å²) < 4.78 is 36.2. The molecule has 140 valence electrons. The molecular weight excluding hydrogens is 360 g/mol. The van der Waals surface area contributed by atoms with Crippen molar-refractivity contribution in [1.82, 2.24) is 10.0 Å². The number of hydrogen-bond donors (Lipinski definition) is 2. The van der Waals surface area contributed by atoms with Crippen molar-refractivity contribution in [3.8, 4) is 0 Å². The van der Waals surface area contributed by atoms with Gasteiger partial charge in [-0.1, -0.05) is 17.7 Å². The van der Waals surface area contributed by atoms with Crippen LogP contribution in [-0.2, 0) is 24.3 Å². The molecule has 9 heteroatoms. The van der Waals surface area contributed by atoms with Crippen molar-refractivity contribution in [1.29, 1.82) is 0 Å². The summed E-state index contributed by atoms with van der Waals surface area (Å²) in [6.45, 7) is 2.46. The maximum absolute atomic E-state index is 12.1. The van der Waals surface area contributed by atoms with E-state index in [1.54, 1.807) is 31.2 Å². The molecule has 0 bridgehead atoms. The Kier molecular flexibility index (Phi) is 6.53. The number of furan rings is 1. The number of nitrogens with one attached hydrogen (secondary N) is 2. The maximum Gasteiger partial charge on any atom is 0.321 e. The normalized spacial score (nSPS) is 12.4. The topological polar surface area (TPSA) is 115 Å². The Morgan fingerprint density at radius 1 is 1.19 bits per heavy atom. The number of aryl methyl sites for hydroxylation is 1. The monoisotopic (exact) mass is 380 g/mol. The molecular formula is C17H20N2O6S. The Balaban J connectivity index is 1.76. The molecule has 26 heavy (non-hydrogen) atoms. The number of benzene rings is 1. The Bertz CT molecular complexity index is 844. The van der Waals surface area contributed by atoms with Gasteiger partial charge in [0.2, 0.25) is 10.0 Å². The van der Waals surface area contributed by atoms with Crippen LogP contribution in [0.1, 0.15) is 24.3 Å². The lowest BCUT2D eigenvalue weighted by atomic mass is 10.2. The summed E-state index contributed by atoms with van der Waals surface area (Å²) in [4.78, 5) is 23.4. The quantitative estimate of drug-likeness (QED) is 0.667. The number of carbonyl (C=O) groups is 2. The third-order valence-corrected chi connectivity index (χ3v) is 4.87. The van der Waals surface area contributed by atoms with Gasteiger partial charge in [0.1, 0.15) is 12.3 Å². The van der Waals surface area contributed by atoms with Crippen molar-refractivity contribution in [2.75, 3.05) is 13.2 Å². The van der Waals surface area contributed by atoms with Crippen molar-refractivity contribution in [2.24, 2.45) is 0 Å². The van der Waals surface area contributed by atoms with Gasteiger partial charge in [0.25, 0.3) is 5.91 Å². The predicted molar refractivity (Wildman–Crippen MR) is 92.6 cm³/mol. The molecule has 2 aromatic rings. The largest absolute Gasteiger partial charge is 0.467 e. The lowest BCUT2D eigenvalue weighted by Gasteiger charge is -2.12. The van der Waals surface area contributed by atoms with Crippen molar-refractivity contribution >= 4 is 21.9 Å². The van der Waals surface area contributed by atoms with Gasteiger partial charge in [0.05, 0.1) is 17.2 Å². The Morgan fingerprint density at radius 3 is 2.50 bits per heavy atom. The zero-order chi connectivity index (χ0) is 19.2. The number of sulfonamides is 1. The molecule has 0 unspecified atom stereocenters. The lowest BCUT2D eigenvalue weighted by Crippen LogP contribution is -2.34. The molecule has 1 heterocycles. The predicted octanol–water partition coefficient (Wildman–Crippen LogP) is 1.29. The zero-order valence-electron chi connectivity index (χ0n) is 14.4. The smallest absolute Gasteiger partial charge is 0.321 e. The summed E-state index contributed by atoms with van der Waals surface area (Å²) in [7, 11) is -3.82. The Labute approximate surface area is 151 Å². The van der Waals surface area contributed by atoms with E-state index in [0.29, 0.717) is 5.76 Å². The van der Waals surface area contributed by atoms with Gasteiger partial charge in [-0.05, 0) is 38.1 Å². The Morgan fingerprint density at radius 2 is 1.88 bits per heavy atom. The first-order valence-corrected chi connectivity index (χ1v) is 9.31. The van der Waals surface area contributed by atoms with Gasteiger partial charge < -0.3 is 14.5 Å². The molecule has 0 saturated carbocycles. The minimum Gasteiger partial charge on any atom is -0.467 e. The summed E-state index contributed by atoms with van der Waals surface area (Å²) in [6.07, 6.45) is 1.48. The van der Waals surface area contributed by atoms with E-state index in [2.05, 4.69) is 10.0 Å². The molecule has 0 radical (unpaired) electrons. The van der Waals surface area contributed by atoms with Crippen LogP contribution in [-0.4, -0.2) is 33.4 Å². The molecule has 0 aliphatic heterocycles. The Hall–Kier alpha value is -2.65. The molecule has 0 saturated heterocycles. The maximum atomic E-state index is 12.1. The summed E-state index contributed by atoms with van der Waals surface area (Å²) in [5.41, 5.74) is 0.915. The van der Waals surface area contributed by atoms with E-state index in [-0.39, 0.29) is 10.9 Å². The van der Waals surface area contributed by atoms with Crippen LogP contribution in [0.25, 0.3) is 0 Å². The van der Waals surface area contributed by atoms with Crippen molar-refractivity contribution in [3.05, 3.63) is 54.0 Å². The van der Waals surface area contributed by atoms with Gasteiger partial charge >= 0.3 is 5.97 Å². The third-order valence-electron chi connectivity index (χ3n) is 3.45. The summed E-state index contributed by atoms with van der Waals surface area (Å²) in [6, 6.07) is 9.19. The zero-order valence-corrected chi connectivity index (χ0v) is 15.2. The highest BCUT2D eigenvalue weighted by Gasteiger charge is 2.17. The molecule has 1 atom stereocenters. The van der Waals surface area contributed by atoms with Crippen molar-refractivity contribution in [3.63, 3.8) is 0 Å². The van der Waals surface area contributed by atoms with Crippen LogP contribution in [0, 0.1) is 6.92 Å². The van der Waals surface area contributed by atoms with Crippen LogP contribution in [0.4, 0.5) is 0 Å². The number of rotatable bonds is 8. The molecule has 2 rings (SSSR count). The molecule has 0 fully saturated rings. The molecule has 1 amide bonds. The van der Waals surface area contributed by atoms with E-state index in [1.807, 2.05) is 6.92 Å². The van der Waals surface area contributed by atoms with Gasteiger partial charge in [0, 0.05) is 0 Å². The van der Waals surface area contributed by atoms with Crippen molar-refractivity contribution < 1.29 is 27.2 Å². The van der Waals surface area contributed by atoms with E-state index in [9.17, 15) is 18.0 Å². The van der Waals surface area contributed by atoms with Crippen LogP contribution < -0.4 is 10.0 Å².